The molecule has 0 spiro atoms. The van der Waals surface area contributed by atoms with Crippen molar-refractivity contribution < 1.29 is 9.53 Å². The van der Waals surface area contributed by atoms with E-state index in [1.165, 1.54) is 59.6 Å². The molecule has 0 heterocycles. The van der Waals surface area contributed by atoms with Crippen LogP contribution in [-0.2, 0) is 9.53 Å². The summed E-state index contributed by atoms with van der Waals surface area (Å²) < 4.78 is 5.34. The van der Waals surface area contributed by atoms with Crippen molar-refractivity contribution in [3.63, 3.8) is 0 Å². The smallest absolute Gasteiger partial charge is 0.303 e. The molecule has 270 valence electrons. The lowest BCUT2D eigenvalue weighted by Crippen LogP contribution is -2.27. The number of rotatable bonds is 21. The molecule has 0 bridgehead atoms. The van der Waals surface area contributed by atoms with Gasteiger partial charge >= 0.3 is 5.97 Å². The highest BCUT2D eigenvalue weighted by molar-refractivity contribution is 15.0. The molecule has 2 nitrogen and oxygen atoms in total. The molecule has 1 atom stereocenters. The predicted octanol–water partition coefficient (Wildman–Crippen LogP) is 16.0. The van der Waals surface area contributed by atoms with Crippen LogP contribution in [0.1, 0.15) is 146 Å². The van der Waals surface area contributed by atoms with E-state index >= 15 is 0 Å². The quantitative estimate of drug-likeness (QED) is 0.0496. The van der Waals surface area contributed by atoms with Gasteiger partial charge in [-0.2, -0.15) is 0 Å². The van der Waals surface area contributed by atoms with Gasteiger partial charge in [0.1, 0.15) is 5.60 Å². The van der Waals surface area contributed by atoms with Crippen LogP contribution in [0.15, 0.2) is 107 Å². The summed E-state index contributed by atoms with van der Waals surface area (Å²) in [4.78, 5) is 11.1. The monoisotopic (exact) mass is 986 g/mol. The third-order valence-electron chi connectivity index (χ3n) is 7.43. The molecule has 5 heteroatoms. The lowest BCUT2D eigenvalue weighted by Gasteiger charge is -2.24. The Morgan fingerprint density at radius 1 is 0.596 bits per heavy atom. The second-order valence-corrected chi connectivity index (χ2v) is 13.0. The van der Waals surface area contributed by atoms with Gasteiger partial charge in [-0.15, -0.1) is 24.0 Å². The third kappa shape index (κ3) is 39.6. The zero-order chi connectivity index (χ0) is 36.0. The molecule has 0 aromatic rings. The topological polar surface area (TPSA) is 26.3 Å². The Morgan fingerprint density at radius 2 is 0.915 bits per heavy atom. The second kappa shape index (κ2) is 35.2. The average Bonchev–Trinajstić information content (AvgIpc) is 2.97. The summed E-state index contributed by atoms with van der Waals surface area (Å²) in [6.45, 7) is 32.3. The molecular formula is C42H69I3O2. The number of carbonyl (C=O) groups is 1. The number of hydrogen-bond donors (Lipinski definition) is 0. The highest BCUT2D eigenvalue weighted by Crippen LogP contribution is 2.21. The molecule has 0 aliphatic carbocycles. The van der Waals surface area contributed by atoms with Gasteiger partial charge in [-0.3, -0.25) is 4.79 Å². The van der Waals surface area contributed by atoms with Gasteiger partial charge in [0.05, 0.1) is 0 Å². The normalized spacial score (nSPS) is 12.9. The fourth-order valence-electron chi connectivity index (χ4n) is 4.41. The Balaban J connectivity index is -0.000000371. The molecule has 0 aliphatic heterocycles. The number of carbonyl (C=O) groups excluding carboxylic acids is 1. The third-order valence-corrected chi connectivity index (χ3v) is 7.43. The Kier molecular flexibility index (Phi) is 39.7. The predicted molar refractivity (Wildman–Crippen MR) is 242 cm³/mol. The van der Waals surface area contributed by atoms with Crippen LogP contribution in [0.4, 0.5) is 0 Å². The zero-order valence-electron chi connectivity index (χ0n) is 31.7. The van der Waals surface area contributed by atoms with Crippen molar-refractivity contribution in [2.45, 2.75) is 152 Å². The van der Waals surface area contributed by atoms with Gasteiger partial charge in [0.25, 0.3) is 0 Å². The van der Waals surface area contributed by atoms with Crippen LogP contribution in [0.2, 0.25) is 0 Å². The van der Waals surface area contributed by atoms with Crippen molar-refractivity contribution in [1.82, 2.24) is 0 Å². The van der Waals surface area contributed by atoms with Crippen molar-refractivity contribution in [3.8, 4) is 0 Å². The minimum absolute atomic E-state index is 0. The lowest BCUT2D eigenvalue weighted by molar-refractivity contribution is -0.151. The fourth-order valence-corrected chi connectivity index (χ4v) is 4.41. The molecule has 0 amide bonds. The van der Waals surface area contributed by atoms with Gasteiger partial charge in [0, 0.05) is 44.2 Å². The lowest BCUT2D eigenvalue weighted by atomic mass is 9.98. The molecule has 1 unspecified atom stereocenters. The molecule has 0 saturated carbocycles. The molecule has 0 N–H and O–H groups in total. The minimum atomic E-state index is -0.565. The van der Waals surface area contributed by atoms with E-state index in [1.807, 2.05) is 13.0 Å². The molecule has 0 rings (SSSR count). The maximum absolute atomic E-state index is 11.1. The highest BCUT2D eigenvalue weighted by atomic mass is 128. The van der Waals surface area contributed by atoms with Crippen LogP contribution >= 0.6 is 61.2 Å². The van der Waals surface area contributed by atoms with E-state index in [4.69, 9.17) is 4.74 Å². The Labute approximate surface area is 332 Å². The van der Waals surface area contributed by atoms with Gasteiger partial charge in [0.2, 0.25) is 0 Å². The van der Waals surface area contributed by atoms with Crippen molar-refractivity contribution in [1.29, 1.82) is 0 Å². The van der Waals surface area contributed by atoms with E-state index in [-0.39, 0.29) is 29.9 Å². The van der Waals surface area contributed by atoms with Crippen molar-refractivity contribution in [3.05, 3.63) is 107 Å². The largest absolute Gasteiger partial charge is 0.455 e. The summed E-state index contributed by atoms with van der Waals surface area (Å²) in [5.74, 6) is -0.258. The Morgan fingerprint density at radius 3 is 1.21 bits per heavy atom. The Bertz CT molecular complexity index is 1060. The van der Waals surface area contributed by atoms with Crippen LogP contribution in [0.25, 0.3) is 0 Å². The van der Waals surface area contributed by atoms with Gasteiger partial charge < -0.3 is 4.74 Å². The first-order valence-electron chi connectivity index (χ1n) is 16.8. The second-order valence-electron chi connectivity index (χ2n) is 13.0. The number of allylic oxidation sites excluding steroid dienone is 14. The standard InChI is InChI=1S/C22H36O2.C20H32.I2.HI/c1-8-22(7,24-21(6)23)17-11-16-20(5)15-10-14-19(4)13-9-12-18(2)3;1-7-18(4)12-9-14-20(6)16-10-15-19(5)13-8-11-17(2)3;1-2;/h8,12,14,16H,1,9-11,13,15,17H2,2-7H3;7,11,14-15H,1,4,8-10,12-13,16H2,2-3,5-6H3;;1H/b19-14+,20-16+;19-15+,20-14+;;. The van der Waals surface area contributed by atoms with Gasteiger partial charge in [-0.05, 0) is 145 Å². The SMILES string of the molecule is C=CC(=C)CC/C=C(\C)CC/C=C(\C)CCC=C(C)C.C=CC(C)(CC/C=C(\C)CC/C=C(\C)CCC=C(C)C)OC(C)=O.I.II. The molecule has 0 saturated heterocycles. The van der Waals surface area contributed by atoms with Crippen LogP contribution < -0.4 is 0 Å². The average molecular weight is 987 g/mol. The molecule has 0 aliphatic rings. The van der Waals surface area contributed by atoms with E-state index < -0.39 is 5.60 Å². The first-order valence-corrected chi connectivity index (χ1v) is 23.1. The van der Waals surface area contributed by atoms with E-state index in [2.05, 4.69) is 149 Å². The van der Waals surface area contributed by atoms with Gasteiger partial charge in [-0.1, -0.05) is 101 Å². The summed E-state index contributed by atoms with van der Waals surface area (Å²) in [5, 5.41) is 0. The van der Waals surface area contributed by atoms with Crippen LogP contribution in [0.5, 0.6) is 0 Å². The van der Waals surface area contributed by atoms with Gasteiger partial charge in [-0.25, -0.2) is 0 Å². The highest BCUT2D eigenvalue weighted by Gasteiger charge is 2.22. The first kappa shape index (κ1) is 53.1. The zero-order valence-corrected chi connectivity index (χ0v) is 38.4. The molecule has 47 heavy (non-hydrogen) atoms. The number of ether oxygens (including phenoxy) is 1. The van der Waals surface area contributed by atoms with Crippen LogP contribution in [0.3, 0.4) is 0 Å². The molecule has 0 aromatic carbocycles. The molecule has 0 aromatic heterocycles. The molecular weight excluding hydrogens is 917 g/mol. The Hall–Kier alpha value is -0.680. The first-order chi connectivity index (χ1) is 21.6. The summed E-state index contributed by atoms with van der Waals surface area (Å²) in [6.07, 6.45) is 30.4. The number of hydrogen-bond acceptors (Lipinski definition) is 2. The van der Waals surface area contributed by atoms with Gasteiger partial charge in [0.15, 0.2) is 0 Å². The number of halogens is 3. The van der Waals surface area contributed by atoms with E-state index in [0.29, 0.717) is 0 Å². The van der Waals surface area contributed by atoms with Crippen molar-refractivity contribution in [2.24, 2.45) is 0 Å². The molecule has 0 fully saturated rings. The summed E-state index contributed by atoms with van der Waals surface area (Å²) in [7, 11) is 0. The fraction of sp³-hybridized carbons (Fsp3) is 0.548. The summed E-state index contributed by atoms with van der Waals surface area (Å²) >= 11 is 4.24. The summed E-state index contributed by atoms with van der Waals surface area (Å²) in [6, 6.07) is 0. The van der Waals surface area contributed by atoms with E-state index in [9.17, 15) is 4.79 Å². The van der Waals surface area contributed by atoms with Crippen molar-refractivity contribution >= 4 is 67.2 Å². The van der Waals surface area contributed by atoms with Crippen LogP contribution in [-0.4, -0.2) is 11.6 Å². The summed E-state index contributed by atoms with van der Waals surface area (Å²) in [5.41, 5.74) is 9.21. The van der Waals surface area contributed by atoms with Crippen LogP contribution in [0, 0.1) is 0 Å². The minimum Gasteiger partial charge on any atom is -0.455 e. The molecule has 0 radical (unpaired) electrons. The maximum atomic E-state index is 11.1. The van der Waals surface area contributed by atoms with E-state index in [0.717, 1.165) is 63.4 Å². The van der Waals surface area contributed by atoms with Crippen molar-refractivity contribution in [2.75, 3.05) is 0 Å². The number of esters is 1. The van der Waals surface area contributed by atoms with E-state index in [1.54, 1.807) is 6.08 Å². The maximum Gasteiger partial charge on any atom is 0.303 e.